The minimum Gasteiger partial charge on any atom is -0.390 e. The lowest BCUT2D eigenvalue weighted by molar-refractivity contribution is 0.271. The Bertz CT molecular complexity index is 440. The molecule has 1 aromatic rings. The molecule has 6 heteroatoms. The van der Waals surface area contributed by atoms with Crippen LogP contribution in [-0.4, -0.2) is 35.5 Å². The first-order chi connectivity index (χ1) is 8.01. The molecule has 5 nitrogen and oxygen atoms in total. The largest absolute Gasteiger partial charge is 0.390 e. The average Bonchev–Trinajstić information content (AvgIpc) is 2.73. The van der Waals surface area contributed by atoms with Gasteiger partial charge in [0.2, 0.25) is 10.0 Å². The van der Waals surface area contributed by atoms with Crippen LogP contribution in [0.3, 0.4) is 0 Å². The molecule has 1 N–H and O–H groups in total. The summed E-state index contributed by atoms with van der Waals surface area (Å²) in [6, 6.07) is 1.54. The van der Waals surface area contributed by atoms with Gasteiger partial charge < -0.3 is 9.67 Å². The second-order valence-electron chi connectivity index (χ2n) is 3.70. The quantitative estimate of drug-likeness (QED) is 0.831. The van der Waals surface area contributed by atoms with Crippen LogP contribution in [-0.2, 0) is 23.2 Å². The van der Waals surface area contributed by atoms with Crippen molar-refractivity contribution in [3.8, 4) is 0 Å². The summed E-state index contributed by atoms with van der Waals surface area (Å²) < 4.78 is 27.6. The van der Waals surface area contributed by atoms with Crippen molar-refractivity contribution >= 4 is 10.0 Å². The minimum absolute atomic E-state index is 0.151. The monoisotopic (exact) mass is 260 g/mol. The van der Waals surface area contributed by atoms with Gasteiger partial charge in [-0.1, -0.05) is 13.8 Å². The molecule has 1 heterocycles. The lowest BCUT2D eigenvalue weighted by atomic mass is 10.4. The van der Waals surface area contributed by atoms with E-state index >= 15 is 0 Å². The molecule has 0 aliphatic heterocycles. The van der Waals surface area contributed by atoms with Crippen LogP contribution in [0.2, 0.25) is 0 Å². The third-order valence-corrected chi connectivity index (χ3v) is 4.82. The van der Waals surface area contributed by atoms with Crippen molar-refractivity contribution in [1.29, 1.82) is 0 Å². The standard InChI is InChI=1S/C11H20N2O3S/c1-4-12-8-11(7-10(12)9-14)17(15,16)13(5-2)6-3/h7-8,14H,4-6,9H2,1-3H3. The molecule has 0 spiro atoms. The topological polar surface area (TPSA) is 62.5 Å². The van der Waals surface area contributed by atoms with Crippen molar-refractivity contribution in [2.45, 2.75) is 38.8 Å². The number of nitrogens with zero attached hydrogens (tertiary/aromatic N) is 2. The van der Waals surface area contributed by atoms with Crippen LogP contribution in [0.5, 0.6) is 0 Å². The number of rotatable bonds is 6. The zero-order valence-corrected chi connectivity index (χ0v) is 11.4. The highest BCUT2D eigenvalue weighted by molar-refractivity contribution is 7.89. The maximum atomic E-state index is 12.2. The van der Waals surface area contributed by atoms with Crippen molar-refractivity contribution in [2.24, 2.45) is 0 Å². The van der Waals surface area contributed by atoms with E-state index in [0.717, 1.165) is 0 Å². The van der Waals surface area contributed by atoms with Crippen molar-refractivity contribution < 1.29 is 13.5 Å². The van der Waals surface area contributed by atoms with Crippen molar-refractivity contribution in [1.82, 2.24) is 8.87 Å². The molecule has 0 fully saturated rings. The predicted molar refractivity (Wildman–Crippen MR) is 66.1 cm³/mol. The van der Waals surface area contributed by atoms with Crippen LogP contribution < -0.4 is 0 Å². The highest BCUT2D eigenvalue weighted by Gasteiger charge is 2.23. The van der Waals surface area contributed by atoms with Gasteiger partial charge >= 0.3 is 0 Å². The summed E-state index contributed by atoms with van der Waals surface area (Å²) in [5.74, 6) is 0. The van der Waals surface area contributed by atoms with Gasteiger partial charge in [-0.05, 0) is 13.0 Å². The van der Waals surface area contributed by atoms with Gasteiger partial charge in [0, 0.05) is 31.5 Å². The molecular formula is C11H20N2O3S. The average molecular weight is 260 g/mol. The molecule has 0 aliphatic rings. The molecule has 0 aliphatic carbocycles. The Morgan fingerprint density at radius 1 is 1.29 bits per heavy atom. The first kappa shape index (κ1) is 14.2. The van der Waals surface area contributed by atoms with Crippen molar-refractivity contribution in [2.75, 3.05) is 13.1 Å². The minimum atomic E-state index is -3.42. The number of sulfonamides is 1. The molecule has 0 saturated heterocycles. The Labute approximate surface area is 103 Å². The van der Waals surface area contributed by atoms with E-state index in [1.807, 2.05) is 20.8 Å². The van der Waals surface area contributed by atoms with E-state index in [1.165, 1.54) is 10.4 Å². The number of hydrogen-bond donors (Lipinski definition) is 1. The highest BCUT2D eigenvalue weighted by Crippen LogP contribution is 2.19. The van der Waals surface area contributed by atoms with Gasteiger partial charge in [-0.25, -0.2) is 8.42 Å². The second kappa shape index (κ2) is 5.66. The van der Waals surface area contributed by atoms with Crippen LogP contribution in [0.25, 0.3) is 0 Å². The lowest BCUT2D eigenvalue weighted by Crippen LogP contribution is -2.30. The van der Waals surface area contributed by atoms with Gasteiger partial charge in [0.15, 0.2) is 0 Å². The number of aromatic nitrogens is 1. The number of aliphatic hydroxyl groups is 1. The zero-order valence-electron chi connectivity index (χ0n) is 10.5. The van der Waals surface area contributed by atoms with E-state index in [1.54, 1.807) is 10.8 Å². The summed E-state index contributed by atoms with van der Waals surface area (Å²) in [5.41, 5.74) is 0.623. The fourth-order valence-corrected chi connectivity index (χ4v) is 3.33. The molecule has 98 valence electrons. The van der Waals surface area contributed by atoms with E-state index < -0.39 is 10.0 Å². The zero-order chi connectivity index (χ0) is 13.1. The maximum absolute atomic E-state index is 12.2. The summed E-state index contributed by atoms with van der Waals surface area (Å²) in [7, 11) is -3.42. The number of aliphatic hydroxyl groups excluding tert-OH is 1. The van der Waals surface area contributed by atoms with Gasteiger partial charge in [-0.15, -0.1) is 0 Å². The summed E-state index contributed by atoms with van der Waals surface area (Å²) in [4.78, 5) is 0.257. The van der Waals surface area contributed by atoms with E-state index in [0.29, 0.717) is 25.3 Å². The molecular weight excluding hydrogens is 240 g/mol. The summed E-state index contributed by atoms with van der Waals surface area (Å²) in [5, 5.41) is 9.15. The van der Waals surface area contributed by atoms with Gasteiger partial charge in [-0.2, -0.15) is 4.31 Å². The first-order valence-corrected chi connectivity index (χ1v) is 7.25. The Morgan fingerprint density at radius 3 is 2.24 bits per heavy atom. The highest BCUT2D eigenvalue weighted by atomic mass is 32.2. The van der Waals surface area contributed by atoms with Gasteiger partial charge in [0.05, 0.1) is 6.61 Å². The Morgan fingerprint density at radius 2 is 1.88 bits per heavy atom. The summed E-state index contributed by atoms with van der Waals surface area (Å²) in [6.45, 7) is 6.92. The summed E-state index contributed by atoms with van der Waals surface area (Å²) in [6.07, 6.45) is 1.58. The molecule has 1 rings (SSSR count). The Balaban J connectivity index is 3.19. The normalized spacial score (nSPS) is 12.3. The molecule has 0 amide bonds. The smallest absolute Gasteiger partial charge is 0.244 e. The van der Waals surface area contributed by atoms with Crippen LogP contribution in [0.15, 0.2) is 17.2 Å². The predicted octanol–water partition coefficient (Wildman–Crippen LogP) is 1.03. The molecule has 1 aromatic heterocycles. The van der Waals surface area contributed by atoms with Crippen LogP contribution in [0.4, 0.5) is 0 Å². The molecule has 0 aromatic carbocycles. The van der Waals surface area contributed by atoms with Crippen molar-refractivity contribution in [3.63, 3.8) is 0 Å². The first-order valence-electron chi connectivity index (χ1n) is 5.81. The summed E-state index contributed by atoms with van der Waals surface area (Å²) >= 11 is 0. The van der Waals surface area contributed by atoms with Crippen LogP contribution in [0.1, 0.15) is 26.5 Å². The van der Waals surface area contributed by atoms with Crippen LogP contribution >= 0.6 is 0 Å². The molecule has 0 radical (unpaired) electrons. The van der Waals surface area contributed by atoms with Crippen LogP contribution in [0, 0.1) is 0 Å². The number of aryl methyl sites for hydroxylation is 1. The van der Waals surface area contributed by atoms with Gasteiger partial charge in [0.25, 0.3) is 0 Å². The second-order valence-corrected chi connectivity index (χ2v) is 5.64. The Hall–Kier alpha value is -0.850. The van der Waals surface area contributed by atoms with E-state index in [4.69, 9.17) is 5.11 Å². The fraction of sp³-hybridized carbons (Fsp3) is 0.636. The molecule has 0 atom stereocenters. The van der Waals surface area contributed by atoms with Crippen molar-refractivity contribution in [3.05, 3.63) is 18.0 Å². The van der Waals surface area contributed by atoms with E-state index in [9.17, 15) is 8.42 Å². The van der Waals surface area contributed by atoms with Gasteiger partial charge in [0.1, 0.15) is 4.90 Å². The molecule has 17 heavy (non-hydrogen) atoms. The third kappa shape index (κ3) is 2.70. The Kier molecular flexibility index (Phi) is 4.73. The third-order valence-electron chi connectivity index (χ3n) is 2.81. The SMILES string of the molecule is CCN(CC)S(=O)(=O)c1cc(CO)n(CC)c1. The van der Waals surface area contributed by atoms with E-state index in [-0.39, 0.29) is 11.5 Å². The molecule has 0 bridgehead atoms. The maximum Gasteiger partial charge on any atom is 0.244 e. The lowest BCUT2D eigenvalue weighted by Gasteiger charge is -2.17. The molecule has 0 unspecified atom stereocenters. The van der Waals surface area contributed by atoms with Gasteiger partial charge in [-0.3, -0.25) is 0 Å². The number of hydrogen-bond acceptors (Lipinski definition) is 3. The molecule has 0 saturated carbocycles. The van der Waals surface area contributed by atoms with E-state index in [2.05, 4.69) is 0 Å². The fourth-order valence-electron chi connectivity index (χ4n) is 1.81.